The highest BCUT2D eigenvalue weighted by Gasteiger charge is 2.21. The molecule has 0 saturated carbocycles. The number of carbonyl (C=O) groups is 1. The Balaban J connectivity index is 1.72. The minimum Gasteiger partial charge on any atom is -0.469 e. The van der Waals surface area contributed by atoms with E-state index >= 15 is 0 Å². The fourth-order valence-electron chi connectivity index (χ4n) is 2.31. The number of amides is 1. The lowest BCUT2D eigenvalue weighted by Gasteiger charge is -2.12. The average molecular weight is 378 g/mol. The standard InChI is InChI=1S/C17H16F2N4O2S/c1-9-12(6-7-25-9)15-21-22-17(23(15)3)26-10(2)16(24)20-14-5-4-11(18)8-13(14)19/h4-8,10H,1-3H3,(H,20,24)/t10-/m0/s1. The number of furan rings is 1. The maximum Gasteiger partial charge on any atom is 0.237 e. The molecule has 2 heterocycles. The number of benzene rings is 1. The Morgan fingerprint density at radius 2 is 2.08 bits per heavy atom. The summed E-state index contributed by atoms with van der Waals surface area (Å²) in [5.41, 5.74) is 0.744. The summed E-state index contributed by atoms with van der Waals surface area (Å²) >= 11 is 1.18. The molecule has 6 nitrogen and oxygen atoms in total. The van der Waals surface area contributed by atoms with Gasteiger partial charge in [0.05, 0.1) is 22.8 Å². The van der Waals surface area contributed by atoms with Crippen molar-refractivity contribution >= 4 is 23.4 Å². The topological polar surface area (TPSA) is 72.9 Å². The normalized spacial score (nSPS) is 12.2. The molecule has 0 unspecified atom stereocenters. The molecule has 1 N–H and O–H groups in total. The number of anilines is 1. The zero-order chi connectivity index (χ0) is 18.8. The number of thioether (sulfide) groups is 1. The number of nitrogens with one attached hydrogen (secondary N) is 1. The van der Waals surface area contributed by atoms with Crippen LogP contribution in [0.4, 0.5) is 14.5 Å². The highest BCUT2D eigenvalue weighted by atomic mass is 32.2. The van der Waals surface area contributed by atoms with Crippen LogP contribution in [0, 0.1) is 18.6 Å². The molecule has 2 aromatic heterocycles. The first-order valence-electron chi connectivity index (χ1n) is 7.73. The first kappa shape index (κ1) is 18.1. The average Bonchev–Trinajstić information content (AvgIpc) is 3.16. The first-order valence-corrected chi connectivity index (χ1v) is 8.61. The maximum absolute atomic E-state index is 13.7. The molecule has 3 rings (SSSR count). The predicted octanol–water partition coefficient (Wildman–Crippen LogP) is 3.78. The van der Waals surface area contributed by atoms with E-state index in [9.17, 15) is 13.6 Å². The van der Waals surface area contributed by atoms with Crippen molar-refractivity contribution in [3.05, 3.63) is 47.9 Å². The van der Waals surface area contributed by atoms with Crippen LogP contribution in [0.5, 0.6) is 0 Å². The second-order valence-electron chi connectivity index (χ2n) is 5.63. The Labute approximate surface area is 152 Å². The van der Waals surface area contributed by atoms with Gasteiger partial charge >= 0.3 is 0 Å². The van der Waals surface area contributed by atoms with Crippen LogP contribution in [-0.4, -0.2) is 25.9 Å². The third kappa shape index (κ3) is 3.62. The molecule has 0 aliphatic rings. The van der Waals surface area contributed by atoms with Gasteiger partial charge in [0, 0.05) is 13.1 Å². The van der Waals surface area contributed by atoms with Crippen molar-refractivity contribution in [1.82, 2.24) is 14.8 Å². The second kappa shape index (κ2) is 7.28. The third-order valence-corrected chi connectivity index (χ3v) is 4.91. The molecule has 0 spiro atoms. The van der Waals surface area contributed by atoms with Gasteiger partial charge in [0.2, 0.25) is 5.91 Å². The monoisotopic (exact) mass is 378 g/mol. The maximum atomic E-state index is 13.7. The summed E-state index contributed by atoms with van der Waals surface area (Å²) in [6, 6.07) is 4.78. The smallest absolute Gasteiger partial charge is 0.237 e. The molecule has 0 saturated heterocycles. The predicted molar refractivity (Wildman–Crippen MR) is 93.7 cm³/mol. The number of halogens is 2. The third-order valence-electron chi connectivity index (χ3n) is 3.78. The first-order chi connectivity index (χ1) is 12.4. The molecule has 0 aliphatic heterocycles. The van der Waals surface area contributed by atoms with Gasteiger partial charge in [0.1, 0.15) is 17.4 Å². The van der Waals surface area contributed by atoms with Gasteiger partial charge in [-0.05, 0) is 32.0 Å². The van der Waals surface area contributed by atoms with Crippen molar-refractivity contribution in [2.45, 2.75) is 24.3 Å². The van der Waals surface area contributed by atoms with Crippen LogP contribution in [0.1, 0.15) is 12.7 Å². The quantitative estimate of drug-likeness (QED) is 0.684. The van der Waals surface area contributed by atoms with Crippen LogP contribution in [0.3, 0.4) is 0 Å². The Kier molecular flexibility index (Phi) is 5.08. The van der Waals surface area contributed by atoms with E-state index in [1.54, 1.807) is 30.9 Å². The highest BCUT2D eigenvalue weighted by molar-refractivity contribution is 8.00. The highest BCUT2D eigenvalue weighted by Crippen LogP contribution is 2.28. The van der Waals surface area contributed by atoms with Crippen molar-refractivity contribution in [1.29, 1.82) is 0 Å². The molecule has 136 valence electrons. The number of aromatic nitrogens is 3. The lowest BCUT2D eigenvalue weighted by molar-refractivity contribution is -0.115. The summed E-state index contributed by atoms with van der Waals surface area (Å²) in [5.74, 6) is -0.619. The van der Waals surface area contributed by atoms with E-state index in [0.29, 0.717) is 11.0 Å². The van der Waals surface area contributed by atoms with Crippen LogP contribution >= 0.6 is 11.8 Å². The van der Waals surface area contributed by atoms with Crippen LogP contribution in [0.15, 0.2) is 40.1 Å². The van der Waals surface area contributed by atoms with Gasteiger partial charge < -0.3 is 14.3 Å². The van der Waals surface area contributed by atoms with Crippen LogP contribution < -0.4 is 5.32 Å². The number of hydrogen-bond acceptors (Lipinski definition) is 5. The van der Waals surface area contributed by atoms with Crippen LogP contribution in [0.2, 0.25) is 0 Å². The largest absolute Gasteiger partial charge is 0.469 e. The number of hydrogen-bond donors (Lipinski definition) is 1. The van der Waals surface area contributed by atoms with Gasteiger partial charge in [-0.2, -0.15) is 0 Å². The number of carbonyl (C=O) groups excluding carboxylic acids is 1. The lowest BCUT2D eigenvalue weighted by Crippen LogP contribution is -2.23. The summed E-state index contributed by atoms with van der Waals surface area (Å²) in [7, 11) is 1.79. The summed E-state index contributed by atoms with van der Waals surface area (Å²) in [4.78, 5) is 12.3. The molecule has 0 bridgehead atoms. The van der Waals surface area contributed by atoms with E-state index in [-0.39, 0.29) is 5.69 Å². The Morgan fingerprint density at radius 3 is 2.73 bits per heavy atom. The van der Waals surface area contributed by atoms with Crippen molar-refractivity contribution < 1.29 is 18.0 Å². The lowest BCUT2D eigenvalue weighted by atomic mass is 10.2. The second-order valence-corrected chi connectivity index (χ2v) is 6.94. The Bertz CT molecular complexity index is 954. The summed E-state index contributed by atoms with van der Waals surface area (Å²) < 4.78 is 33.6. The van der Waals surface area contributed by atoms with Gasteiger partial charge in [-0.1, -0.05) is 11.8 Å². The molecule has 1 aromatic carbocycles. The van der Waals surface area contributed by atoms with Gasteiger partial charge in [0.15, 0.2) is 11.0 Å². The van der Waals surface area contributed by atoms with Gasteiger partial charge in [-0.25, -0.2) is 8.78 Å². The Morgan fingerprint density at radius 1 is 1.31 bits per heavy atom. The SMILES string of the molecule is Cc1occc1-c1nnc(S[C@@H](C)C(=O)Nc2ccc(F)cc2F)n1C. The number of rotatable bonds is 5. The zero-order valence-electron chi connectivity index (χ0n) is 14.3. The molecule has 0 aliphatic carbocycles. The van der Waals surface area contributed by atoms with E-state index in [2.05, 4.69) is 15.5 Å². The molecular formula is C17H16F2N4O2S. The van der Waals surface area contributed by atoms with Gasteiger partial charge in [-0.15, -0.1) is 10.2 Å². The minimum atomic E-state index is -0.827. The summed E-state index contributed by atoms with van der Waals surface area (Å²) in [5, 5.41) is 10.6. The molecule has 0 fully saturated rings. The molecule has 9 heteroatoms. The number of aryl methyl sites for hydroxylation is 1. The summed E-state index contributed by atoms with van der Waals surface area (Å²) in [6.07, 6.45) is 1.57. The molecule has 3 aromatic rings. The molecule has 26 heavy (non-hydrogen) atoms. The van der Waals surface area contributed by atoms with E-state index in [0.717, 1.165) is 23.5 Å². The van der Waals surface area contributed by atoms with Crippen LogP contribution in [0.25, 0.3) is 11.4 Å². The molecule has 1 amide bonds. The summed E-state index contributed by atoms with van der Waals surface area (Å²) in [6.45, 7) is 3.49. The van der Waals surface area contributed by atoms with E-state index in [1.807, 2.05) is 6.92 Å². The van der Waals surface area contributed by atoms with Gasteiger partial charge in [-0.3, -0.25) is 4.79 Å². The van der Waals surface area contributed by atoms with Crippen molar-refractivity contribution in [2.75, 3.05) is 5.32 Å². The molecular weight excluding hydrogens is 362 g/mol. The van der Waals surface area contributed by atoms with Gasteiger partial charge in [0.25, 0.3) is 0 Å². The number of nitrogens with zero attached hydrogens (tertiary/aromatic N) is 3. The van der Waals surface area contributed by atoms with E-state index in [4.69, 9.17) is 4.42 Å². The Hall–Kier alpha value is -2.68. The van der Waals surface area contributed by atoms with Crippen LogP contribution in [-0.2, 0) is 11.8 Å². The van der Waals surface area contributed by atoms with Crippen molar-refractivity contribution in [3.8, 4) is 11.4 Å². The zero-order valence-corrected chi connectivity index (χ0v) is 15.1. The van der Waals surface area contributed by atoms with Crippen molar-refractivity contribution in [2.24, 2.45) is 7.05 Å². The minimum absolute atomic E-state index is 0.0727. The van der Waals surface area contributed by atoms with E-state index in [1.165, 1.54) is 17.8 Å². The van der Waals surface area contributed by atoms with Crippen molar-refractivity contribution in [3.63, 3.8) is 0 Å². The fourth-order valence-corrected chi connectivity index (χ4v) is 3.12. The van der Waals surface area contributed by atoms with E-state index < -0.39 is 22.8 Å². The molecule has 1 atom stereocenters. The fraction of sp³-hybridized carbons (Fsp3) is 0.235. The molecule has 0 radical (unpaired) electrons.